The Morgan fingerprint density at radius 2 is 0.471 bits per heavy atom. The lowest BCUT2D eigenvalue weighted by Gasteiger charge is -2.11. The van der Waals surface area contributed by atoms with E-state index in [0.29, 0.717) is 0 Å². The maximum Gasteiger partial charge on any atom is 0.0497 e. The fourth-order valence-electron chi connectivity index (χ4n) is 11.3. The summed E-state index contributed by atoms with van der Waals surface area (Å²) in [5.74, 6) is 0. The minimum absolute atomic E-state index is 1.09. The Morgan fingerprint density at radius 3 is 0.750 bits per heavy atom. The highest BCUT2D eigenvalue weighted by Crippen LogP contribution is 2.36. The molecule has 0 aliphatic carbocycles. The molecule has 6 aromatic rings. The molecular weight excluding hydrogens is 957 g/mol. The molecule has 2 aromatic heterocycles. The van der Waals surface area contributed by atoms with Gasteiger partial charge in [-0.25, -0.2) is 0 Å². The van der Waals surface area contributed by atoms with Crippen LogP contribution in [0.15, 0.2) is 84.9 Å². The molecule has 0 spiro atoms. The van der Waals surface area contributed by atoms with Gasteiger partial charge in [-0.15, -0.1) is 0 Å². The molecule has 0 amide bonds. The van der Waals surface area contributed by atoms with Crippen LogP contribution in [-0.4, -0.2) is 19.8 Å². The van der Waals surface area contributed by atoms with Crippen LogP contribution >= 0.6 is 31.9 Å². The van der Waals surface area contributed by atoms with Crippen molar-refractivity contribution in [2.75, 3.05) is 10.7 Å². The van der Waals surface area contributed by atoms with Crippen LogP contribution in [0, 0.1) is 0 Å². The van der Waals surface area contributed by atoms with Crippen LogP contribution in [0.25, 0.3) is 54.7 Å². The molecule has 0 saturated carbocycles. The molecule has 2 nitrogen and oxygen atoms in total. The zero-order valence-electron chi connectivity index (χ0n) is 43.0. The quantitative estimate of drug-likeness (QED) is 0.0267. The van der Waals surface area contributed by atoms with E-state index in [2.05, 4.69) is 126 Å². The summed E-state index contributed by atoms with van der Waals surface area (Å²) < 4.78 is 5.27. The second-order valence-corrected chi connectivity index (χ2v) is 22.5. The first kappa shape index (κ1) is 54.8. The molecule has 0 radical (unpaired) electrons. The van der Waals surface area contributed by atoms with Crippen molar-refractivity contribution < 1.29 is 0 Å². The van der Waals surface area contributed by atoms with E-state index in [0.717, 1.165) is 13.1 Å². The summed E-state index contributed by atoms with van der Waals surface area (Å²) in [7, 11) is 0. The molecule has 374 valence electrons. The molecule has 0 unspecified atom stereocenters. The molecule has 0 saturated heterocycles. The maximum atomic E-state index is 3.55. The highest BCUT2D eigenvalue weighted by Gasteiger charge is 2.15. The third-order valence-corrected chi connectivity index (χ3v) is 16.5. The molecule has 0 atom stereocenters. The first-order valence-electron chi connectivity index (χ1n) is 28.9. The van der Waals surface area contributed by atoms with E-state index >= 15 is 0 Å². The Labute approximate surface area is 432 Å². The number of hydrogen-bond acceptors (Lipinski definition) is 0. The van der Waals surface area contributed by atoms with Gasteiger partial charge in [-0.2, -0.15) is 0 Å². The van der Waals surface area contributed by atoms with Crippen LogP contribution < -0.4 is 0 Å². The Morgan fingerprint density at radius 1 is 0.235 bits per heavy atom. The second kappa shape index (κ2) is 33.9. The highest BCUT2D eigenvalue weighted by molar-refractivity contribution is 9.09. The molecule has 68 heavy (non-hydrogen) atoms. The van der Waals surface area contributed by atoms with Crippen LogP contribution in [-0.2, 0) is 13.1 Å². The molecule has 4 heteroatoms. The number of unbranched alkanes of at least 4 members (excludes halogenated alkanes) is 34. The Kier molecular flexibility index (Phi) is 27.3. The lowest BCUT2D eigenvalue weighted by atomic mass is 10.0. The van der Waals surface area contributed by atoms with Crippen molar-refractivity contribution in [1.82, 2.24) is 9.13 Å². The summed E-state index contributed by atoms with van der Waals surface area (Å²) in [6, 6.07) is 32.7. The van der Waals surface area contributed by atoms with Crippen LogP contribution in [0.1, 0.15) is 231 Å². The number of para-hydroxylation sites is 2. The average molecular weight is 1050 g/mol. The molecule has 4 aromatic carbocycles. The van der Waals surface area contributed by atoms with Crippen molar-refractivity contribution in [3.63, 3.8) is 0 Å². The molecule has 6 rings (SSSR count). The predicted octanol–water partition coefficient (Wildman–Crippen LogP) is 22.4. The average Bonchev–Trinajstić information content (AvgIpc) is 3.86. The number of nitrogens with zero attached hydrogens (tertiary/aromatic N) is 2. The van der Waals surface area contributed by atoms with Crippen LogP contribution in [0.4, 0.5) is 0 Å². The number of fused-ring (bicyclic) bond motifs is 6. The number of halogens is 2. The summed E-state index contributed by atoms with van der Waals surface area (Å²) >= 11 is 7.10. The lowest BCUT2D eigenvalue weighted by molar-refractivity contribution is 0.521. The van der Waals surface area contributed by atoms with Gasteiger partial charge in [0.2, 0.25) is 0 Å². The number of rotatable bonds is 41. The van der Waals surface area contributed by atoms with Crippen molar-refractivity contribution in [1.29, 1.82) is 0 Å². The molecule has 2 heterocycles. The van der Waals surface area contributed by atoms with E-state index in [9.17, 15) is 0 Å². The Balaban J connectivity index is 0.912. The maximum absolute atomic E-state index is 3.55. The van der Waals surface area contributed by atoms with E-state index in [4.69, 9.17) is 0 Å². The van der Waals surface area contributed by atoms with E-state index < -0.39 is 0 Å². The van der Waals surface area contributed by atoms with E-state index in [1.165, 1.54) is 297 Å². The number of benzene rings is 4. The minimum atomic E-state index is 1.09. The lowest BCUT2D eigenvalue weighted by Crippen LogP contribution is -1.98. The van der Waals surface area contributed by atoms with Gasteiger partial charge in [-0.1, -0.05) is 298 Å². The minimum Gasteiger partial charge on any atom is -0.340 e. The van der Waals surface area contributed by atoms with Crippen molar-refractivity contribution in [2.45, 2.75) is 244 Å². The zero-order valence-corrected chi connectivity index (χ0v) is 46.2. The third kappa shape index (κ3) is 18.6. The third-order valence-electron chi connectivity index (χ3n) is 15.4. The highest BCUT2D eigenvalue weighted by atomic mass is 79.9. The van der Waals surface area contributed by atoms with Gasteiger partial charge in [-0.3, -0.25) is 0 Å². The Bertz CT molecular complexity index is 2070. The van der Waals surface area contributed by atoms with Crippen molar-refractivity contribution in [3.8, 4) is 11.1 Å². The Hall–Kier alpha value is -2.56. The first-order valence-corrected chi connectivity index (χ1v) is 31.2. The summed E-state index contributed by atoms with van der Waals surface area (Å²) in [4.78, 5) is 0. The number of aromatic nitrogens is 2. The molecule has 0 aliphatic heterocycles. The normalized spacial score (nSPS) is 12.0. The fourth-order valence-corrected chi connectivity index (χ4v) is 12.1. The van der Waals surface area contributed by atoms with Gasteiger partial charge in [-0.05, 0) is 61.1 Å². The van der Waals surface area contributed by atoms with Crippen LogP contribution in [0.2, 0.25) is 0 Å². The van der Waals surface area contributed by atoms with Crippen LogP contribution in [0.5, 0.6) is 0 Å². The number of alkyl halides is 2. The number of aryl methyl sites for hydroxylation is 2. The number of hydrogen-bond donors (Lipinski definition) is 0. The summed E-state index contributed by atoms with van der Waals surface area (Å²) in [5.41, 5.74) is 8.20. The molecule has 0 bridgehead atoms. The largest absolute Gasteiger partial charge is 0.340 e. The molecule has 0 aliphatic rings. The predicted molar refractivity (Wildman–Crippen MR) is 312 cm³/mol. The summed E-state index contributed by atoms with van der Waals surface area (Å²) in [5, 5.41) is 7.90. The summed E-state index contributed by atoms with van der Waals surface area (Å²) in [6.07, 6.45) is 50.8. The van der Waals surface area contributed by atoms with Gasteiger partial charge in [0.1, 0.15) is 0 Å². The van der Waals surface area contributed by atoms with E-state index in [-0.39, 0.29) is 0 Å². The monoisotopic (exact) mass is 1050 g/mol. The van der Waals surface area contributed by atoms with E-state index in [1.54, 1.807) is 0 Å². The topological polar surface area (TPSA) is 9.86 Å². The zero-order chi connectivity index (χ0) is 47.1. The van der Waals surface area contributed by atoms with E-state index in [1.807, 2.05) is 0 Å². The standard InChI is InChI=1S/C64H94Br2N2/c65-49-37-29-25-21-17-13-9-5-1-3-7-11-15-19-23-27-31-39-51-67-61-43-35-33-41-57(61)59-47-45-55(53-63(59)67)56-46-48-60-58-42-34-36-44-62(58)68(64(60)54-56)52-40-32-28-24-20-16-12-8-4-2-6-10-14-18-22-26-30-38-50-66/h33-36,41-48,53-54H,1-32,37-40,49-52H2. The van der Waals surface area contributed by atoms with Gasteiger partial charge in [0.25, 0.3) is 0 Å². The SMILES string of the molecule is BrCCCCCCCCCCCCCCCCCCCCn1c2ccccc2c2ccc(-c3ccc4c5ccccc5n(CCCCCCCCCCCCCCCCCCCCBr)c4c3)cc21. The van der Waals surface area contributed by atoms with Crippen molar-refractivity contribution >= 4 is 75.5 Å². The van der Waals surface area contributed by atoms with Gasteiger partial charge in [0.15, 0.2) is 0 Å². The fraction of sp³-hybridized carbons (Fsp3) is 0.625. The molecule has 0 fully saturated rings. The second-order valence-electron chi connectivity index (χ2n) is 20.9. The smallest absolute Gasteiger partial charge is 0.0497 e. The molecule has 0 N–H and O–H groups in total. The molecular formula is C64H94Br2N2. The van der Waals surface area contributed by atoms with Crippen molar-refractivity contribution in [2.24, 2.45) is 0 Å². The van der Waals surface area contributed by atoms with Crippen molar-refractivity contribution in [3.05, 3.63) is 84.9 Å². The van der Waals surface area contributed by atoms with Gasteiger partial charge < -0.3 is 9.13 Å². The van der Waals surface area contributed by atoms with Crippen LogP contribution in [0.3, 0.4) is 0 Å². The first-order chi connectivity index (χ1) is 33.8. The van der Waals surface area contributed by atoms with Gasteiger partial charge in [0, 0.05) is 67.4 Å². The summed E-state index contributed by atoms with van der Waals surface area (Å²) in [6.45, 7) is 2.19. The van der Waals surface area contributed by atoms with Gasteiger partial charge >= 0.3 is 0 Å². The van der Waals surface area contributed by atoms with Gasteiger partial charge in [0.05, 0.1) is 0 Å².